The molecule has 0 saturated carbocycles. The maximum atomic E-state index is 5.80. The third kappa shape index (κ3) is 2.11. The summed E-state index contributed by atoms with van der Waals surface area (Å²) in [5.41, 5.74) is 0. The van der Waals surface area contributed by atoms with E-state index in [1.807, 2.05) is 4.42 Å². The zero-order chi connectivity index (χ0) is 7.56. The Hall–Kier alpha value is 0.210. The van der Waals surface area contributed by atoms with Gasteiger partial charge in [0, 0.05) is 19.1 Å². The van der Waals surface area contributed by atoms with Crippen LogP contribution in [0.15, 0.2) is 0 Å². The van der Waals surface area contributed by atoms with Crippen LogP contribution in [0, 0.1) is 0 Å². The molecule has 0 aliphatic carbocycles. The molecular weight excluding hydrogens is 148 g/mol. The number of halogens is 1. The minimum Gasteiger partial charge on any atom is -0.306 e. The minimum absolute atomic E-state index is 0.745. The van der Waals surface area contributed by atoms with Crippen molar-refractivity contribution in [3.8, 4) is 0 Å². The first kappa shape index (κ1) is 8.31. The van der Waals surface area contributed by atoms with Crippen molar-refractivity contribution in [3.05, 3.63) is 0 Å². The van der Waals surface area contributed by atoms with Crippen LogP contribution in [0.5, 0.6) is 0 Å². The molecule has 0 radical (unpaired) electrons. The van der Waals surface area contributed by atoms with Crippen molar-refractivity contribution in [2.75, 3.05) is 27.2 Å². The Balaban J connectivity index is 2.26. The summed E-state index contributed by atoms with van der Waals surface area (Å²) < 4.78 is 1.88. The first-order chi connectivity index (χ1) is 4.70. The summed E-state index contributed by atoms with van der Waals surface area (Å²) in [4.78, 5) is 2.28. The smallest absolute Gasteiger partial charge is 0.0153 e. The third-order valence-electron chi connectivity index (χ3n) is 2.14. The normalized spacial score (nSPS) is 24.0. The third-order valence-corrected chi connectivity index (χ3v) is 2.48. The molecule has 1 saturated heterocycles. The van der Waals surface area contributed by atoms with Crippen LogP contribution in [0.1, 0.15) is 12.8 Å². The van der Waals surface area contributed by atoms with E-state index in [0.29, 0.717) is 0 Å². The molecule has 3 heteroatoms. The van der Waals surface area contributed by atoms with Gasteiger partial charge in [0.25, 0.3) is 0 Å². The Morgan fingerprint density at radius 3 is 2.20 bits per heavy atom. The van der Waals surface area contributed by atoms with Crippen LogP contribution in [0.4, 0.5) is 0 Å². The lowest BCUT2D eigenvalue weighted by Crippen LogP contribution is -2.38. The molecule has 0 atom stereocenters. The van der Waals surface area contributed by atoms with E-state index in [9.17, 15) is 0 Å². The first-order valence-electron chi connectivity index (χ1n) is 3.77. The van der Waals surface area contributed by atoms with Gasteiger partial charge in [-0.25, -0.2) is 4.42 Å². The lowest BCUT2D eigenvalue weighted by molar-refractivity contribution is 0.199. The Kier molecular flexibility index (Phi) is 2.96. The zero-order valence-electron chi connectivity index (χ0n) is 6.68. The standard InChI is InChI=1S/C7H15ClN2/c1-9(2)7-3-5-10(8)6-4-7/h7H,3-6H2,1-2H3. The predicted molar refractivity (Wildman–Crippen MR) is 44.1 cm³/mol. The topological polar surface area (TPSA) is 6.48 Å². The van der Waals surface area contributed by atoms with Crippen molar-refractivity contribution in [1.29, 1.82) is 0 Å². The Morgan fingerprint density at radius 1 is 1.30 bits per heavy atom. The fraction of sp³-hybridized carbons (Fsp3) is 1.00. The van der Waals surface area contributed by atoms with Gasteiger partial charge in [0.05, 0.1) is 0 Å². The van der Waals surface area contributed by atoms with Crippen LogP contribution in [0.3, 0.4) is 0 Å². The number of hydrogen-bond acceptors (Lipinski definition) is 2. The average Bonchev–Trinajstić information content (AvgIpc) is 1.88. The number of piperidine rings is 1. The van der Waals surface area contributed by atoms with Gasteiger partial charge in [0.2, 0.25) is 0 Å². The van der Waals surface area contributed by atoms with Crippen molar-refractivity contribution in [1.82, 2.24) is 9.32 Å². The monoisotopic (exact) mass is 162 g/mol. The summed E-state index contributed by atoms with van der Waals surface area (Å²) in [5.74, 6) is 0. The molecule has 1 aliphatic rings. The summed E-state index contributed by atoms with van der Waals surface area (Å²) in [5, 5.41) is 0. The molecule has 2 nitrogen and oxygen atoms in total. The molecule has 10 heavy (non-hydrogen) atoms. The molecule has 1 fully saturated rings. The van der Waals surface area contributed by atoms with Gasteiger partial charge in [-0.15, -0.1) is 0 Å². The summed E-state index contributed by atoms with van der Waals surface area (Å²) >= 11 is 5.80. The highest BCUT2D eigenvalue weighted by Gasteiger charge is 2.18. The van der Waals surface area contributed by atoms with Gasteiger partial charge < -0.3 is 4.90 Å². The molecule has 1 heterocycles. The van der Waals surface area contributed by atoms with E-state index in [1.165, 1.54) is 12.8 Å². The molecule has 0 aromatic heterocycles. The van der Waals surface area contributed by atoms with E-state index < -0.39 is 0 Å². The quantitative estimate of drug-likeness (QED) is 0.534. The summed E-state index contributed by atoms with van der Waals surface area (Å²) in [6, 6.07) is 0.745. The first-order valence-corrected chi connectivity index (χ1v) is 4.11. The van der Waals surface area contributed by atoms with Crippen molar-refractivity contribution < 1.29 is 0 Å². The Morgan fingerprint density at radius 2 is 1.80 bits per heavy atom. The molecule has 0 amide bonds. The molecule has 60 valence electrons. The molecule has 0 N–H and O–H groups in total. The lowest BCUT2D eigenvalue weighted by atomic mass is 10.1. The Bertz CT molecular complexity index is 97.8. The van der Waals surface area contributed by atoms with Crippen LogP contribution >= 0.6 is 11.8 Å². The van der Waals surface area contributed by atoms with Crippen molar-refractivity contribution in [3.63, 3.8) is 0 Å². The largest absolute Gasteiger partial charge is 0.306 e. The number of nitrogens with zero attached hydrogens (tertiary/aromatic N) is 2. The second-order valence-corrected chi connectivity index (χ2v) is 3.58. The van der Waals surface area contributed by atoms with E-state index in [4.69, 9.17) is 11.8 Å². The van der Waals surface area contributed by atoms with Crippen LogP contribution in [0.2, 0.25) is 0 Å². The molecular formula is C7H15ClN2. The van der Waals surface area contributed by atoms with Crippen LogP contribution < -0.4 is 0 Å². The van der Waals surface area contributed by atoms with Gasteiger partial charge in [-0.2, -0.15) is 0 Å². The molecule has 0 spiro atoms. The average molecular weight is 163 g/mol. The molecule has 0 aromatic carbocycles. The lowest BCUT2D eigenvalue weighted by Gasteiger charge is -2.31. The molecule has 1 rings (SSSR count). The van der Waals surface area contributed by atoms with Crippen molar-refractivity contribution in [2.24, 2.45) is 0 Å². The van der Waals surface area contributed by atoms with E-state index in [2.05, 4.69) is 19.0 Å². The fourth-order valence-electron chi connectivity index (χ4n) is 1.35. The maximum absolute atomic E-state index is 5.80. The highest BCUT2D eigenvalue weighted by molar-refractivity contribution is 6.13. The fourth-order valence-corrected chi connectivity index (χ4v) is 1.55. The minimum atomic E-state index is 0.745. The zero-order valence-corrected chi connectivity index (χ0v) is 7.43. The highest BCUT2D eigenvalue weighted by Crippen LogP contribution is 2.14. The van der Waals surface area contributed by atoms with Crippen molar-refractivity contribution in [2.45, 2.75) is 18.9 Å². The summed E-state index contributed by atoms with van der Waals surface area (Å²) in [7, 11) is 4.27. The molecule has 0 aromatic rings. The van der Waals surface area contributed by atoms with Gasteiger partial charge in [-0.05, 0) is 38.7 Å². The second kappa shape index (κ2) is 3.56. The maximum Gasteiger partial charge on any atom is 0.0153 e. The van der Waals surface area contributed by atoms with Crippen LogP contribution in [-0.4, -0.2) is 42.5 Å². The van der Waals surface area contributed by atoms with Crippen LogP contribution in [0.25, 0.3) is 0 Å². The highest BCUT2D eigenvalue weighted by atomic mass is 35.5. The van der Waals surface area contributed by atoms with Gasteiger partial charge in [0.15, 0.2) is 0 Å². The van der Waals surface area contributed by atoms with E-state index in [1.54, 1.807) is 0 Å². The Labute approximate surface area is 67.9 Å². The van der Waals surface area contributed by atoms with Gasteiger partial charge >= 0.3 is 0 Å². The second-order valence-electron chi connectivity index (χ2n) is 3.10. The van der Waals surface area contributed by atoms with Crippen molar-refractivity contribution >= 4 is 11.8 Å². The van der Waals surface area contributed by atoms with Gasteiger partial charge in [-0.1, -0.05) is 0 Å². The van der Waals surface area contributed by atoms with E-state index >= 15 is 0 Å². The van der Waals surface area contributed by atoms with Gasteiger partial charge in [0.1, 0.15) is 0 Å². The number of hydrogen-bond donors (Lipinski definition) is 0. The summed E-state index contributed by atoms with van der Waals surface area (Å²) in [6.07, 6.45) is 2.41. The van der Waals surface area contributed by atoms with E-state index in [-0.39, 0.29) is 0 Å². The predicted octanol–water partition coefficient (Wildman–Crippen LogP) is 1.17. The molecule has 0 unspecified atom stereocenters. The SMILES string of the molecule is CN(C)C1CCN(Cl)CC1. The van der Waals surface area contributed by atoms with Gasteiger partial charge in [-0.3, -0.25) is 0 Å². The molecule has 1 aliphatic heterocycles. The van der Waals surface area contributed by atoms with E-state index in [0.717, 1.165) is 19.1 Å². The van der Waals surface area contributed by atoms with Crippen LogP contribution in [-0.2, 0) is 0 Å². The summed E-state index contributed by atoms with van der Waals surface area (Å²) in [6.45, 7) is 2.06. The number of rotatable bonds is 1. The molecule has 0 bridgehead atoms.